The molecule has 2 heterocycles. The van der Waals surface area contributed by atoms with Crippen molar-refractivity contribution in [1.29, 1.82) is 0 Å². The molecule has 1 saturated carbocycles. The highest BCUT2D eigenvalue weighted by atomic mass is 35.5. The molecule has 5 rings (SSSR count). The van der Waals surface area contributed by atoms with Crippen LogP contribution in [0.3, 0.4) is 0 Å². The van der Waals surface area contributed by atoms with Crippen LogP contribution >= 0.6 is 34.8 Å². The molecular weight excluding hydrogens is 679 g/mol. The summed E-state index contributed by atoms with van der Waals surface area (Å²) in [5, 5.41) is 3.37. The topological polar surface area (TPSA) is 82.2 Å². The van der Waals surface area contributed by atoms with Gasteiger partial charge in [0.1, 0.15) is 11.0 Å². The minimum atomic E-state index is -4.00. The summed E-state index contributed by atoms with van der Waals surface area (Å²) in [6.07, 6.45) is 8.21. The number of piperazine rings is 1. The minimum Gasteiger partial charge on any atom is -0.367 e. The summed E-state index contributed by atoms with van der Waals surface area (Å²) in [4.78, 5) is 18.1. The van der Waals surface area contributed by atoms with Gasteiger partial charge in [-0.1, -0.05) is 71.6 Å². The second kappa shape index (κ2) is 16.5. The largest absolute Gasteiger partial charge is 0.367 e. The van der Waals surface area contributed by atoms with Crippen molar-refractivity contribution >= 4 is 50.7 Å². The van der Waals surface area contributed by atoms with Gasteiger partial charge in [0.25, 0.3) is 0 Å². The predicted octanol–water partition coefficient (Wildman–Crippen LogP) is 6.52. The van der Waals surface area contributed by atoms with E-state index in [2.05, 4.69) is 52.5 Å². The van der Waals surface area contributed by atoms with Crippen molar-refractivity contribution in [3.63, 3.8) is 0 Å². The molecule has 1 N–H and O–H groups in total. The first-order chi connectivity index (χ1) is 22.5. The molecule has 2 unspecified atom stereocenters. The van der Waals surface area contributed by atoms with Crippen LogP contribution in [0.5, 0.6) is 0 Å². The summed E-state index contributed by atoms with van der Waals surface area (Å²) in [5.41, 5.74) is 1.61. The van der Waals surface area contributed by atoms with Crippen molar-refractivity contribution in [2.24, 2.45) is 5.92 Å². The zero-order valence-corrected chi connectivity index (χ0v) is 30.7. The maximum absolute atomic E-state index is 13.7. The summed E-state index contributed by atoms with van der Waals surface area (Å²) in [7, 11) is -1.79. The van der Waals surface area contributed by atoms with Crippen LogP contribution in [-0.2, 0) is 26.0 Å². The van der Waals surface area contributed by atoms with Crippen LogP contribution in [-0.4, -0.2) is 99.0 Å². The molecule has 2 aliphatic heterocycles. The molecular formula is C35H49Cl3N4O4S. The molecule has 3 aliphatic rings. The number of rotatable bonds is 12. The average Bonchev–Trinajstić information content (AvgIpc) is 3.06. The lowest BCUT2D eigenvalue weighted by Crippen LogP contribution is -2.58. The Morgan fingerprint density at radius 3 is 2.30 bits per heavy atom. The third kappa shape index (κ3) is 9.23. The maximum atomic E-state index is 13.7. The number of carbonyl (C=O) groups is 1. The monoisotopic (exact) mass is 726 g/mol. The lowest BCUT2D eigenvalue weighted by atomic mass is 9.72. The smallest absolute Gasteiger partial charge is 0.248 e. The van der Waals surface area contributed by atoms with Crippen molar-refractivity contribution in [1.82, 2.24) is 19.4 Å². The van der Waals surface area contributed by atoms with Crippen LogP contribution < -0.4 is 5.32 Å². The van der Waals surface area contributed by atoms with Crippen LogP contribution in [0, 0.1) is 5.92 Å². The Balaban J connectivity index is 1.12. The number of halogens is 3. The lowest BCUT2D eigenvalue weighted by molar-refractivity contribution is -0.133. The molecule has 3 fully saturated rings. The fourth-order valence-corrected chi connectivity index (χ4v) is 10.7. The van der Waals surface area contributed by atoms with Gasteiger partial charge >= 0.3 is 0 Å². The molecule has 2 saturated heterocycles. The second-order valence-electron chi connectivity index (χ2n) is 13.6. The Morgan fingerprint density at radius 2 is 1.64 bits per heavy atom. The van der Waals surface area contributed by atoms with E-state index >= 15 is 0 Å². The number of carbonyl (C=O) groups excluding carboxylic acids is 1. The van der Waals surface area contributed by atoms with E-state index in [0.29, 0.717) is 25.4 Å². The maximum Gasteiger partial charge on any atom is 0.248 e. The average molecular weight is 728 g/mol. The highest BCUT2D eigenvalue weighted by molar-refractivity contribution is 7.89. The van der Waals surface area contributed by atoms with Crippen molar-refractivity contribution in [2.75, 3.05) is 52.9 Å². The number of likely N-dealkylation sites (N-methyl/N-ethyl adjacent to an activating group) is 1. The molecule has 1 amide bonds. The summed E-state index contributed by atoms with van der Waals surface area (Å²) >= 11 is 18.6. The van der Waals surface area contributed by atoms with Crippen LogP contribution in [0.1, 0.15) is 63.9 Å². The number of hydrogen-bond acceptors (Lipinski definition) is 6. The van der Waals surface area contributed by atoms with Crippen molar-refractivity contribution in [3.8, 4) is 0 Å². The fourth-order valence-electron chi connectivity index (χ4n) is 7.52. The molecule has 0 aromatic heterocycles. The van der Waals surface area contributed by atoms with E-state index in [1.165, 1.54) is 22.0 Å². The van der Waals surface area contributed by atoms with E-state index in [9.17, 15) is 13.2 Å². The molecule has 0 bridgehead atoms. The lowest BCUT2D eigenvalue weighted by Gasteiger charge is -2.51. The number of nitrogens with zero attached hydrogens (tertiary/aromatic N) is 3. The van der Waals surface area contributed by atoms with E-state index in [1.807, 2.05) is 0 Å². The summed E-state index contributed by atoms with van der Waals surface area (Å²) in [5.74, 6) is 0.260. The van der Waals surface area contributed by atoms with Gasteiger partial charge < -0.3 is 15.0 Å². The first-order valence-corrected chi connectivity index (χ1v) is 19.6. The zero-order chi connectivity index (χ0) is 33.6. The zero-order valence-electron chi connectivity index (χ0n) is 27.6. The number of ether oxygens (including phenoxy) is 1. The molecule has 8 nitrogen and oxygen atoms in total. The van der Waals surface area contributed by atoms with Gasteiger partial charge in [-0.15, -0.1) is 0 Å². The Hall–Kier alpha value is -1.43. The molecule has 47 heavy (non-hydrogen) atoms. The van der Waals surface area contributed by atoms with E-state index in [0.717, 1.165) is 77.5 Å². The Labute approximate surface area is 296 Å². The molecule has 2 aromatic carbocycles. The second-order valence-corrected chi connectivity index (χ2v) is 16.7. The number of hydrogen-bond donors (Lipinski definition) is 1. The molecule has 1 aliphatic carbocycles. The van der Waals surface area contributed by atoms with Gasteiger partial charge in [0.05, 0.1) is 16.7 Å². The third-order valence-corrected chi connectivity index (χ3v) is 13.6. The fraction of sp³-hybridized carbons (Fsp3) is 0.629. The van der Waals surface area contributed by atoms with Crippen LogP contribution in [0.4, 0.5) is 0 Å². The molecule has 0 radical (unpaired) electrons. The molecule has 2 atom stereocenters. The standard InChI is InChI=1S/C35H49Cl3N4O4S/c1-26(46-25-30-10-6-7-17-42(30)47(44,45)33-31(37)22-29(36)23-32(33)38)34(43)39-24-28-12-15-35(16-13-28,41-20-18-40(2)19-21-41)14-11-27-8-4-3-5-9-27/h3-5,8-9,22-23,26,28,30H,6-7,10-21,24-25H2,1-2H3,(H,39,43). The molecule has 0 spiro atoms. The van der Waals surface area contributed by atoms with Crippen LogP contribution in [0.25, 0.3) is 0 Å². The van der Waals surface area contributed by atoms with Gasteiger partial charge in [0, 0.05) is 55.9 Å². The van der Waals surface area contributed by atoms with Gasteiger partial charge in [0.2, 0.25) is 15.9 Å². The van der Waals surface area contributed by atoms with Gasteiger partial charge in [-0.3, -0.25) is 9.69 Å². The van der Waals surface area contributed by atoms with Crippen molar-refractivity contribution < 1.29 is 17.9 Å². The van der Waals surface area contributed by atoms with Crippen LogP contribution in [0.15, 0.2) is 47.4 Å². The van der Waals surface area contributed by atoms with Crippen LogP contribution in [0.2, 0.25) is 15.1 Å². The third-order valence-electron chi connectivity index (χ3n) is 10.5. The number of nitrogens with one attached hydrogen (secondary N) is 1. The normalized spacial score (nSPS) is 25.8. The quantitative estimate of drug-likeness (QED) is 0.268. The molecule has 2 aromatic rings. The minimum absolute atomic E-state index is 0.0137. The first kappa shape index (κ1) is 36.8. The number of piperidine rings is 1. The van der Waals surface area contributed by atoms with E-state index in [1.54, 1.807) is 6.92 Å². The van der Waals surface area contributed by atoms with E-state index in [4.69, 9.17) is 39.5 Å². The van der Waals surface area contributed by atoms with Crippen molar-refractivity contribution in [3.05, 3.63) is 63.1 Å². The summed E-state index contributed by atoms with van der Waals surface area (Å²) in [6.45, 7) is 7.23. The Morgan fingerprint density at radius 1 is 0.979 bits per heavy atom. The highest BCUT2D eigenvalue weighted by Crippen LogP contribution is 2.41. The van der Waals surface area contributed by atoms with Gasteiger partial charge in [-0.25, -0.2) is 8.42 Å². The highest BCUT2D eigenvalue weighted by Gasteiger charge is 2.41. The first-order valence-electron chi connectivity index (χ1n) is 17.0. The predicted molar refractivity (Wildman–Crippen MR) is 190 cm³/mol. The number of amides is 1. The van der Waals surface area contributed by atoms with Gasteiger partial charge in [-0.2, -0.15) is 4.31 Å². The van der Waals surface area contributed by atoms with E-state index < -0.39 is 22.2 Å². The van der Waals surface area contributed by atoms with Gasteiger partial charge in [0.15, 0.2) is 0 Å². The molecule has 260 valence electrons. The summed E-state index contributed by atoms with van der Waals surface area (Å²) in [6, 6.07) is 13.1. The SMILES string of the molecule is CC(OCC1CCCCN1S(=O)(=O)c1c(Cl)cc(Cl)cc1Cl)C(=O)NCC1CCC(CCc2ccccc2)(N2CCN(C)CC2)CC1. The number of benzene rings is 2. The van der Waals surface area contributed by atoms with Crippen molar-refractivity contribution in [2.45, 2.75) is 87.3 Å². The Kier molecular flexibility index (Phi) is 12.9. The van der Waals surface area contributed by atoms with E-state index in [-0.39, 0.29) is 38.0 Å². The number of sulfonamides is 1. The molecule has 12 heteroatoms. The number of aryl methyl sites for hydroxylation is 1. The summed E-state index contributed by atoms with van der Waals surface area (Å²) < 4.78 is 34.7. The Bertz CT molecular complexity index is 1420. The van der Waals surface area contributed by atoms with Gasteiger partial charge in [-0.05, 0) is 89.0 Å².